The normalized spacial score (nSPS) is 14.3. The zero-order valence-electron chi connectivity index (χ0n) is 6.52. The van der Waals surface area contributed by atoms with E-state index >= 15 is 0 Å². The largest absolute Gasteiger partial charge is 0.392 e. The molecule has 0 amide bonds. The van der Waals surface area contributed by atoms with E-state index in [1.54, 1.807) is 0 Å². The van der Waals surface area contributed by atoms with Crippen LogP contribution in [0.5, 0.6) is 0 Å². The molecule has 0 aromatic carbocycles. The Morgan fingerprint density at radius 1 is 1.44 bits per heavy atom. The SMILES string of the molecule is CC[C@@H](O)CNC(C)C. The molecular formula is C7H17NO. The van der Waals surface area contributed by atoms with Gasteiger partial charge in [-0.05, 0) is 6.42 Å². The molecule has 0 bridgehead atoms. The van der Waals surface area contributed by atoms with E-state index in [1.165, 1.54) is 0 Å². The van der Waals surface area contributed by atoms with Crippen LogP contribution in [0.1, 0.15) is 27.2 Å². The predicted molar refractivity (Wildman–Crippen MR) is 39.4 cm³/mol. The minimum Gasteiger partial charge on any atom is -0.392 e. The number of hydrogen-bond donors (Lipinski definition) is 2. The third-order valence-corrected chi connectivity index (χ3v) is 1.23. The summed E-state index contributed by atoms with van der Waals surface area (Å²) in [7, 11) is 0. The maximum Gasteiger partial charge on any atom is 0.0662 e. The van der Waals surface area contributed by atoms with Gasteiger partial charge in [0.15, 0.2) is 0 Å². The van der Waals surface area contributed by atoms with Gasteiger partial charge in [-0.15, -0.1) is 0 Å². The van der Waals surface area contributed by atoms with Gasteiger partial charge in [-0.2, -0.15) is 0 Å². The van der Waals surface area contributed by atoms with E-state index in [9.17, 15) is 0 Å². The summed E-state index contributed by atoms with van der Waals surface area (Å²) in [6.45, 7) is 6.84. The highest BCUT2D eigenvalue weighted by atomic mass is 16.3. The van der Waals surface area contributed by atoms with E-state index in [2.05, 4.69) is 19.2 Å². The van der Waals surface area contributed by atoms with Gasteiger partial charge >= 0.3 is 0 Å². The highest BCUT2D eigenvalue weighted by Gasteiger charge is 1.99. The average molecular weight is 131 g/mol. The summed E-state index contributed by atoms with van der Waals surface area (Å²) in [5, 5.41) is 12.2. The van der Waals surface area contributed by atoms with Gasteiger partial charge in [0.1, 0.15) is 0 Å². The summed E-state index contributed by atoms with van der Waals surface area (Å²) in [5.74, 6) is 0. The maximum absolute atomic E-state index is 9.04. The van der Waals surface area contributed by atoms with Crippen LogP contribution in [-0.2, 0) is 0 Å². The van der Waals surface area contributed by atoms with Crippen molar-refractivity contribution in [2.75, 3.05) is 6.54 Å². The first-order valence-electron chi connectivity index (χ1n) is 3.58. The summed E-state index contributed by atoms with van der Waals surface area (Å²) < 4.78 is 0. The van der Waals surface area contributed by atoms with Crippen molar-refractivity contribution in [3.8, 4) is 0 Å². The first kappa shape index (κ1) is 8.92. The fraction of sp³-hybridized carbons (Fsp3) is 1.00. The lowest BCUT2D eigenvalue weighted by Gasteiger charge is -2.11. The Morgan fingerprint density at radius 2 is 2.00 bits per heavy atom. The molecule has 0 aromatic rings. The Hall–Kier alpha value is -0.0800. The van der Waals surface area contributed by atoms with Gasteiger partial charge in [0.25, 0.3) is 0 Å². The number of aliphatic hydroxyl groups excluding tert-OH is 1. The first-order chi connectivity index (χ1) is 4.16. The van der Waals surface area contributed by atoms with Crippen LogP contribution >= 0.6 is 0 Å². The van der Waals surface area contributed by atoms with E-state index in [-0.39, 0.29) is 6.10 Å². The summed E-state index contributed by atoms with van der Waals surface area (Å²) in [6.07, 6.45) is 0.659. The monoisotopic (exact) mass is 131 g/mol. The number of rotatable bonds is 4. The predicted octanol–water partition coefficient (Wildman–Crippen LogP) is 0.755. The van der Waals surface area contributed by atoms with Crippen molar-refractivity contribution in [1.82, 2.24) is 5.32 Å². The molecule has 0 heterocycles. The fourth-order valence-electron chi connectivity index (χ4n) is 0.516. The molecule has 0 aliphatic carbocycles. The fourth-order valence-corrected chi connectivity index (χ4v) is 0.516. The minimum absolute atomic E-state index is 0.174. The first-order valence-corrected chi connectivity index (χ1v) is 3.58. The Labute approximate surface area is 57.3 Å². The van der Waals surface area contributed by atoms with E-state index in [1.807, 2.05) is 6.92 Å². The number of nitrogens with one attached hydrogen (secondary N) is 1. The van der Waals surface area contributed by atoms with Crippen LogP contribution in [0.4, 0.5) is 0 Å². The third-order valence-electron chi connectivity index (χ3n) is 1.23. The zero-order chi connectivity index (χ0) is 7.28. The average Bonchev–Trinajstić information content (AvgIpc) is 1.83. The Kier molecular flexibility index (Phi) is 4.72. The van der Waals surface area contributed by atoms with Crippen LogP contribution in [0.25, 0.3) is 0 Å². The van der Waals surface area contributed by atoms with Crippen LogP contribution in [0.15, 0.2) is 0 Å². The Balaban J connectivity index is 3.06. The lowest BCUT2D eigenvalue weighted by molar-refractivity contribution is 0.164. The molecule has 0 aliphatic rings. The van der Waals surface area contributed by atoms with Crippen molar-refractivity contribution in [1.29, 1.82) is 0 Å². The molecule has 2 N–H and O–H groups in total. The van der Waals surface area contributed by atoms with Crippen LogP contribution in [-0.4, -0.2) is 23.8 Å². The standard InChI is InChI=1S/C7H17NO/c1-4-7(9)5-8-6(2)3/h6-9H,4-5H2,1-3H3/t7-/m1/s1. The topological polar surface area (TPSA) is 32.3 Å². The minimum atomic E-state index is -0.174. The second-order valence-electron chi connectivity index (χ2n) is 2.63. The van der Waals surface area contributed by atoms with Gasteiger partial charge in [0, 0.05) is 12.6 Å². The Bertz CT molecular complexity index is 63.9. The number of hydrogen-bond acceptors (Lipinski definition) is 2. The van der Waals surface area contributed by atoms with Gasteiger partial charge in [0.2, 0.25) is 0 Å². The van der Waals surface area contributed by atoms with E-state index in [4.69, 9.17) is 5.11 Å². The molecule has 0 saturated heterocycles. The lowest BCUT2D eigenvalue weighted by Crippen LogP contribution is -2.31. The Morgan fingerprint density at radius 3 is 2.33 bits per heavy atom. The molecule has 0 aromatic heterocycles. The van der Waals surface area contributed by atoms with Gasteiger partial charge < -0.3 is 10.4 Å². The van der Waals surface area contributed by atoms with Crippen LogP contribution in [0.2, 0.25) is 0 Å². The molecule has 0 unspecified atom stereocenters. The molecule has 56 valence electrons. The van der Waals surface area contributed by atoms with Crippen LogP contribution in [0.3, 0.4) is 0 Å². The molecule has 0 radical (unpaired) electrons. The van der Waals surface area contributed by atoms with E-state index in [0.29, 0.717) is 12.6 Å². The molecular weight excluding hydrogens is 114 g/mol. The quantitative estimate of drug-likeness (QED) is 0.590. The molecule has 0 fully saturated rings. The van der Waals surface area contributed by atoms with Crippen molar-refractivity contribution in [3.63, 3.8) is 0 Å². The summed E-state index contributed by atoms with van der Waals surface area (Å²) >= 11 is 0. The van der Waals surface area contributed by atoms with Crippen molar-refractivity contribution >= 4 is 0 Å². The van der Waals surface area contributed by atoms with Gasteiger partial charge in [0.05, 0.1) is 6.10 Å². The second kappa shape index (κ2) is 4.77. The van der Waals surface area contributed by atoms with Gasteiger partial charge in [-0.25, -0.2) is 0 Å². The summed E-state index contributed by atoms with van der Waals surface area (Å²) in [6, 6.07) is 0.478. The number of aliphatic hydroxyl groups is 1. The van der Waals surface area contributed by atoms with Crippen molar-refractivity contribution in [2.24, 2.45) is 0 Å². The molecule has 2 heteroatoms. The molecule has 9 heavy (non-hydrogen) atoms. The van der Waals surface area contributed by atoms with Crippen molar-refractivity contribution in [3.05, 3.63) is 0 Å². The van der Waals surface area contributed by atoms with E-state index < -0.39 is 0 Å². The zero-order valence-corrected chi connectivity index (χ0v) is 6.52. The van der Waals surface area contributed by atoms with Crippen molar-refractivity contribution in [2.45, 2.75) is 39.3 Å². The maximum atomic E-state index is 9.04. The van der Waals surface area contributed by atoms with Crippen LogP contribution in [0, 0.1) is 0 Å². The molecule has 0 saturated carbocycles. The molecule has 2 nitrogen and oxygen atoms in total. The summed E-state index contributed by atoms with van der Waals surface area (Å²) in [5.41, 5.74) is 0. The second-order valence-corrected chi connectivity index (χ2v) is 2.63. The molecule has 1 atom stereocenters. The molecule has 0 spiro atoms. The van der Waals surface area contributed by atoms with Crippen LogP contribution < -0.4 is 5.32 Å². The summed E-state index contributed by atoms with van der Waals surface area (Å²) in [4.78, 5) is 0. The lowest BCUT2D eigenvalue weighted by atomic mass is 10.2. The smallest absolute Gasteiger partial charge is 0.0662 e. The molecule has 0 rings (SSSR count). The highest BCUT2D eigenvalue weighted by molar-refractivity contribution is 4.58. The third kappa shape index (κ3) is 5.80. The highest BCUT2D eigenvalue weighted by Crippen LogP contribution is 1.87. The van der Waals surface area contributed by atoms with Gasteiger partial charge in [-0.1, -0.05) is 20.8 Å². The van der Waals surface area contributed by atoms with Crippen molar-refractivity contribution < 1.29 is 5.11 Å². The van der Waals surface area contributed by atoms with Gasteiger partial charge in [-0.3, -0.25) is 0 Å². The van der Waals surface area contributed by atoms with E-state index in [0.717, 1.165) is 6.42 Å². The molecule has 0 aliphatic heterocycles.